The van der Waals surface area contributed by atoms with Gasteiger partial charge in [0, 0.05) is 19.2 Å². The average molecular weight is 502 g/mol. The van der Waals surface area contributed by atoms with Crippen LogP contribution in [-0.4, -0.2) is 28.0 Å². The largest absolute Gasteiger partial charge is 0.494 e. The quantitative estimate of drug-likeness (QED) is 0.354. The molecule has 0 spiro atoms. The van der Waals surface area contributed by atoms with E-state index < -0.39 is 25.4 Å². The smallest absolute Gasteiger partial charge is 0.412 e. The third-order valence-corrected chi connectivity index (χ3v) is 7.60. The number of hydrogen-bond acceptors (Lipinski definition) is 7. The van der Waals surface area contributed by atoms with E-state index >= 15 is 0 Å². The van der Waals surface area contributed by atoms with E-state index in [1.165, 1.54) is 12.1 Å². The fraction of sp³-hybridized carbons (Fsp3) is 0.167. The predicted octanol–water partition coefficient (Wildman–Crippen LogP) is 3.79. The van der Waals surface area contributed by atoms with E-state index in [4.69, 9.17) is 9.29 Å². The Kier molecular flexibility index (Phi) is 6.87. The normalized spacial score (nSPS) is 14.1. The van der Waals surface area contributed by atoms with Crippen molar-refractivity contribution in [3.63, 3.8) is 0 Å². The maximum Gasteiger partial charge on any atom is 0.412 e. The number of ether oxygens (including phenoxy) is 1. The second-order valence-electron chi connectivity index (χ2n) is 7.55. The molecule has 1 aliphatic rings. The molecule has 3 aromatic rings. The second kappa shape index (κ2) is 9.69. The van der Waals surface area contributed by atoms with Gasteiger partial charge in [-0.2, -0.15) is 16.8 Å². The van der Waals surface area contributed by atoms with Crippen LogP contribution in [0.15, 0.2) is 71.6 Å². The maximum absolute atomic E-state index is 12.8. The molecule has 0 radical (unpaired) electrons. The first-order chi connectivity index (χ1) is 16.2. The van der Waals surface area contributed by atoms with Crippen molar-refractivity contribution in [2.45, 2.75) is 24.9 Å². The van der Waals surface area contributed by atoms with Gasteiger partial charge in [-0.25, -0.2) is 0 Å². The molecule has 2 N–H and O–H groups in total. The molecule has 0 saturated carbocycles. The molecule has 8 nitrogen and oxygen atoms in total. The molecular weight excluding hydrogens is 478 g/mol. The number of rotatable bonds is 8. The summed E-state index contributed by atoms with van der Waals surface area (Å²) < 4.78 is 66.6. The summed E-state index contributed by atoms with van der Waals surface area (Å²) >= 11 is 0. The molecule has 4 rings (SSSR count). The van der Waals surface area contributed by atoms with Gasteiger partial charge in [0.2, 0.25) is 0 Å². The summed E-state index contributed by atoms with van der Waals surface area (Å²) in [5.41, 5.74) is 4.93. The SMILES string of the molecule is CCOc1ccc(C=C(c2ccccc2)c2cccc3c2CNC3)c(S(=O)(=O)OS(=O)(=O)O)c1. The van der Waals surface area contributed by atoms with Crippen molar-refractivity contribution in [1.29, 1.82) is 0 Å². The van der Waals surface area contributed by atoms with Gasteiger partial charge in [0.25, 0.3) is 0 Å². The van der Waals surface area contributed by atoms with Crippen molar-refractivity contribution in [3.05, 3.63) is 94.5 Å². The molecule has 3 aromatic carbocycles. The van der Waals surface area contributed by atoms with Crippen molar-refractivity contribution in [3.8, 4) is 5.75 Å². The van der Waals surface area contributed by atoms with Gasteiger partial charge in [-0.15, -0.1) is 3.63 Å². The highest BCUT2D eigenvalue weighted by molar-refractivity contribution is 7.97. The molecule has 1 heterocycles. The third-order valence-electron chi connectivity index (χ3n) is 5.31. The molecule has 178 valence electrons. The van der Waals surface area contributed by atoms with Crippen molar-refractivity contribution in [1.82, 2.24) is 5.32 Å². The van der Waals surface area contributed by atoms with Crippen LogP contribution >= 0.6 is 0 Å². The van der Waals surface area contributed by atoms with Gasteiger partial charge in [-0.1, -0.05) is 48.5 Å². The zero-order valence-corrected chi connectivity index (χ0v) is 19.9. The van der Waals surface area contributed by atoms with Crippen LogP contribution in [0, 0.1) is 0 Å². The lowest BCUT2D eigenvalue weighted by Gasteiger charge is -2.15. The fourth-order valence-corrected chi connectivity index (χ4v) is 5.81. The van der Waals surface area contributed by atoms with Gasteiger partial charge in [0.05, 0.1) is 6.61 Å². The fourth-order valence-electron chi connectivity index (χ4n) is 3.93. The summed E-state index contributed by atoms with van der Waals surface area (Å²) in [5.74, 6) is 0.211. The summed E-state index contributed by atoms with van der Waals surface area (Å²) in [6.07, 6.45) is 1.67. The first kappa shape index (κ1) is 24.1. The number of benzene rings is 3. The van der Waals surface area contributed by atoms with Crippen LogP contribution in [0.1, 0.15) is 34.7 Å². The lowest BCUT2D eigenvalue weighted by molar-refractivity contribution is 0.338. The summed E-state index contributed by atoms with van der Waals surface area (Å²) in [6.45, 7) is 3.40. The van der Waals surface area contributed by atoms with Gasteiger partial charge >= 0.3 is 20.5 Å². The first-order valence-electron chi connectivity index (χ1n) is 10.5. The molecule has 0 unspecified atom stereocenters. The molecule has 0 fully saturated rings. The molecule has 1 aliphatic heterocycles. The van der Waals surface area contributed by atoms with Crippen LogP contribution in [-0.2, 0) is 37.2 Å². The zero-order chi connectivity index (χ0) is 24.3. The highest BCUT2D eigenvalue weighted by atomic mass is 32.3. The molecule has 34 heavy (non-hydrogen) atoms. The Morgan fingerprint density at radius 1 is 1.00 bits per heavy atom. The van der Waals surface area contributed by atoms with Gasteiger partial charge < -0.3 is 10.1 Å². The number of fused-ring (bicyclic) bond motifs is 1. The van der Waals surface area contributed by atoms with Crippen LogP contribution in [0.25, 0.3) is 11.6 Å². The van der Waals surface area contributed by atoms with Crippen molar-refractivity contribution >= 4 is 32.2 Å². The first-order valence-corrected chi connectivity index (χ1v) is 13.2. The Hall–Kier alpha value is -3.02. The molecule has 10 heteroatoms. The average Bonchev–Trinajstić information content (AvgIpc) is 3.26. The standard InChI is InChI=1S/C24H23NO7S2/c1-2-31-20-12-11-18(24(14-20)33(26,27)32-34(28,29)30)13-22(17-7-4-3-5-8-17)21-10-6-9-19-15-25-16-23(19)21/h3-14,25H,2,15-16H2,1H3,(H,28,29,30). The monoisotopic (exact) mass is 501 g/mol. The van der Waals surface area contributed by atoms with E-state index in [1.807, 2.05) is 48.5 Å². The van der Waals surface area contributed by atoms with Crippen LogP contribution in [0.2, 0.25) is 0 Å². The van der Waals surface area contributed by atoms with E-state index in [0.717, 1.165) is 34.4 Å². The lowest BCUT2D eigenvalue weighted by Crippen LogP contribution is -2.14. The Morgan fingerprint density at radius 3 is 2.47 bits per heavy atom. The second-order valence-corrected chi connectivity index (χ2v) is 10.3. The van der Waals surface area contributed by atoms with Crippen LogP contribution in [0.5, 0.6) is 5.75 Å². The van der Waals surface area contributed by atoms with Crippen molar-refractivity contribution in [2.24, 2.45) is 0 Å². The minimum atomic E-state index is -5.27. The number of nitrogens with one attached hydrogen (secondary N) is 1. The third kappa shape index (κ3) is 5.37. The Morgan fingerprint density at radius 2 is 1.76 bits per heavy atom. The molecular formula is C24H23NO7S2. The topological polar surface area (TPSA) is 119 Å². The van der Waals surface area contributed by atoms with E-state index in [0.29, 0.717) is 6.54 Å². The summed E-state index contributed by atoms with van der Waals surface area (Å²) in [4.78, 5) is -0.449. The number of hydrogen-bond donors (Lipinski definition) is 2. The molecule has 0 aliphatic carbocycles. The summed E-state index contributed by atoms with van der Waals surface area (Å²) in [5, 5.41) is 3.33. The highest BCUT2D eigenvalue weighted by Gasteiger charge is 2.27. The lowest BCUT2D eigenvalue weighted by atomic mass is 9.91. The molecule has 0 aromatic heterocycles. The Bertz CT molecular complexity index is 1450. The molecule has 0 saturated heterocycles. The Balaban J connectivity index is 1.96. The van der Waals surface area contributed by atoms with Crippen LogP contribution in [0.4, 0.5) is 0 Å². The summed E-state index contributed by atoms with van der Waals surface area (Å²) in [6, 6.07) is 19.7. The van der Waals surface area contributed by atoms with E-state index in [1.54, 1.807) is 19.1 Å². The van der Waals surface area contributed by atoms with Crippen LogP contribution < -0.4 is 10.1 Å². The Labute approximate surface area is 198 Å². The van der Waals surface area contributed by atoms with E-state index in [9.17, 15) is 16.8 Å². The van der Waals surface area contributed by atoms with Crippen molar-refractivity contribution in [2.75, 3.05) is 6.61 Å². The van der Waals surface area contributed by atoms with E-state index in [-0.39, 0.29) is 17.9 Å². The van der Waals surface area contributed by atoms with Crippen molar-refractivity contribution < 1.29 is 29.8 Å². The minimum absolute atomic E-state index is 0.175. The zero-order valence-electron chi connectivity index (χ0n) is 18.3. The van der Waals surface area contributed by atoms with E-state index in [2.05, 4.69) is 8.95 Å². The molecule has 0 atom stereocenters. The predicted molar refractivity (Wildman–Crippen MR) is 128 cm³/mol. The maximum atomic E-state index is 12.8. The highest BCUT2D eigenvalue weighted by Crippen LogP contribution is 2.34. The van der Waals surface area contributed by atoms with Gasteiger partial charge in [0.15, 0.2) is 0 Å². The van der Waals surface area contributed by atoms with Gasteiger partial charge in [-0.05, 0) is 58.5 Å². The molecule has 0 amide bonds. The summed E-state index contributed by atoms with van der Waals surface area (Å²) in [7, 11) is -10.2. The van der Waals surface area contributed by atoms with Crippen LogP contribution in [0.3, 0.4) is 0 Å². The van der Waals surface area contributed by atoms with Gasteiger partial charge in [-0.3, -0.25) is 4.55 Å². The minimum Gasteiger partial charge on any atom is -0.494 e. The van der Waals surface area contributed by atoms with Gasteiger partial charge in [0.1, 0.15) is 10.6 Å². The molecule has 0 bridgehead atoms.